The van der Waals surface area contributed by atoms with Crippen molar-refractivity contribution in [3.05, 3.63) is 0 Å². The Kier molecular flexibility index (Phi) is 56.4. The van der Waals surface area contributed by atoms with Gasteiger partial charge in [-0.05, 0) is 31.1 Å². The van der Waals surface area contributed by atoms with Gasteiger partial charge in [0.15, 0.2) is 6.10 Å². The van der Waals surface area contributed by atoms with Crippen LogP contribution in [-0.2, 0) is 28.6 Å². The average molecular weight is 1000 g/mol. The van der Waals surface area contributed by atoms with Crippen molar-refractivity contribution in [1.29, 1.82) is 0 Å². The van der Waals surface area contributed by atoms with Gasteiger partial charge in [-0.15, -0.1) is 0 Å². The second-order valence-electron chi connectivity index (χ2n) is 23.1. The second-order valence-corrected chi connectivity index (χ2v) is 23.1. The molecule has 0 saturated carbocycles. The molecule has 0 bridgehead atoms. The van der Waals surface area contributed by atoms with Gasteiger partial charge in [0.05, 0.1) is 0 Å². The zero-order valence-corrected chi connectivity index (χ0v) is 48.9. The van der Waals surface area contributed by atoms with Crippen molar-refractivity contribution in [1.82, 2.24) is 0 Å². The molecule has 0 spiro atoms. The van der Waals surface area contributed by atoms with Gasteiger partial charge in [0, 0.05) is 19.3 Å². The molecule has 0 aliphatic carbocycles. The Hall–Kier alpha value is -1.59. The number of rotatable bonds is 59. The number of unbranched alkanes of at least 4 members (excludes halogenated alkanes) is 43. The zero-order valence-electron chi connectivity index (χ0n) is 48.9. The van der Waals surface area contributed by atoms with E-state index in [1.54, 1.807) is 0 Å². The summed E-state index contributed by atoms with van der Waals surface area (Å²) < 4.78 is 17.0. The highest BCUT2D eigenvalue weighted by molar-refractivity contribution is 5.71. The van der Waals surface area contributed by atoms with Crippen molar-refractivity contribution < 1.29 is 28.6 Å². The van der Waals surface area contributed by atoms with E-state index in [2.05, 4.69) is 34.6 Å². The SMILES string of the molecule is CCCCCCCCCCCCCCCCC(=O)OC[C@H](COC(=O)CCCCCCCCCCCCCCCCC(C)CC)OC(=O)CCCCCCCCCCCCCCCCCCCCC(C)C. The Balaban J connectivity index is 4.27. The minimum absolute atomic E-state index is 0.0618. The number of hydrogen-bond donors (Lipinski definition) is 0. The van der Waals surface area contributed by atoms with Gasteiger partial charge in [0.25, 0.3) is 0 Å². The molecule has 0 radical (unpaired) electrons. The highest BCUT2D eigenvalue weighted by Crippen LogP contribution is 2.19. The highest BCUT2D eigenvalue weighted by Gasteiger charge is 2.19. The summed E-state index contributed by atoms with van der Waals surface area (Å²) in [5.74, 6) is 0.924. The van der Waals surface area contributed by atoms with Gasteiger partial charge in [-0.3, -0.25) is 14.4 Å². The molecular weight excluding hydrogens is 877 g/mol. The summed E-state index contributed by atoms with van der Waals surface area (Å²) in [5.41, 5.74) is 0. The lowest BCUT2D eigenvalue weighted by molar-refractivity contribution is -0.167. The van der Waals surface area contributed by atoms with Crippen molar-refractivity contribution in [2.24, 2.45) is 11.8 Å². The minimum Gasteiger partial charge on any atom is -0.462 e. The fourth-order valence-corrected chi connectivity index (χ4v) is 10.1. The summed E-state index contributed by atoms with van der Waals surface area (Å²) in [4.78, 5) is 38.3. The van der Waals surface area contributed by atoms with Gasteiger partial charge in [-0.2, -0.15) is 0 Å². The molecule has 0 fully saturated rings. The van der Waals surface area contributed by atoms with Crippen LogP contribution in [-0.4, -0.2) is 37.2 Å². The first-order chi connectivity index (χ1) is 34.8. The fraction of sp³-hybridized carbons (Fsp3) is 0.954. The minimum atomic E-state index is -0.763. The second kappa shape index (κ2) is 57.7. The molecule has 422 valence electrons. The summed E-state index contributed by atoms with van der Waals surface area (Å²) in [5, 5.41) is 0. The molecule has 0 aromatic heterocycles. The van der Waals surface area contributed by atoms with E-state index < -0.39 is 6.10 Å². The van der Waals surface area contributed by atoms with Crippen LogP contribution < -0.4 is 0 Å². The molecular formula is C65H126O6. The molecule has 0 aromatic rings. The van der Waals surface area contributed by atoms with Crippen LogP contribution in [0.5, 0.6) is 0 Å². The van der Waals surface area contributed by atoms with Crippen LogP contribution in [0.3, 0.4) is 0 Å². The van der Waals surface area contributed by atoms with Crippen molar-refractivity contribution in [3.63, 3.8) is 0 Å². The van der Waals surface area contributed by atoms with E-state index in [4.69, 9.17) is 14.2 Å². The van der Waals surface area contributed by atoms with Crippen molar-refractivity contribution in [2.75, 3.05) is 13.2 Å². The molecule has 0 saturated heterocycles. The number of carbonyl (C=O) groups excluding carboxylic acids is 3. The molecule has 2 atom stereocenters. The van der Waals surface area contributed by atoms with E-state index in [9.17, 15) is 14.4 Å². The Bertz CT molecular complexity index is 1090. The monoisotopic (exact) mass is 1000 g/mol. The Morgan fingerprint density at radius 1 is 0.296 bits per heavy atom. The summed E-state index contributed by atoms with van der Waals surface area (Å²) in [6.07, 6.45) is 63.8. The molecule has 6 nitrogen and oxygen atoms in total. The largest absolute Gasteiger partial charge is 0.462 e. The molecule has 0 aliphatic rings. The molecule has 0 aliphatic heterocycles. The standard InChI is InChI=1S/C65H126O6/c1-6-8-9-10-11-12-13-14-25-30-35-40-45-50-55-63(66)69-58-62(59-70-64(67)56-51-46-41-36-31-26-22-21-24-29-34-39-44-49-54-61(5)7-2)71-65(68)57-52-47-42-37-32-27-20-18-16-15-17-19-23-28-33-38-43-48-53-60(3)4/h60-62H,6-59H2,1-5H3/t61?,62-/m1/s1. The molecule has 71 heavy (non-hydrogen) atoms. The van der Waals surface area contributed by atoms with Crippen LogP contribution in [0.2, 0.25) is 0 Å². The van der Waals surface area contributed by atoms with E-state index in [0.29, 0.717) is 19.3 Å². The molecule has 0 heterocycles. The van der Waals surface area contributed by atoms with Gasteiger partial charge in [-0.25, -0.2) is 0 Å². The van der Waals surface area contributed by atoms with Crippen LogP contribution in [0.15, 0.2) is 0 Å². The van der Waals surface area contributed by atoms with Gasteiger partial charge in [0.2, 0.25) is 0 Å². The van der Waals surface area contributed by atoms with Crippen molar-refractivity contribution >= 4 is 17.9 Å². The van der Waals surface area contributed by atoms with Gasteiger partial charge >= 0.3 is 17.9 Å². The van der Waals surface area contributed by atoms with E-state index in [1.165, 1.54) is 257 Å². The Labute approximate surface area is 444 Å². The number of ether oxygens (including phenoxy) is 3. The van der Waals surface area contributed by atoms with E-state index in [1.807, 2.05) is 0 Å². The van der Waals surface area contributed by atoms with E-state index >= 15 is 0 Å². The first-order valence-corrected chi connectivity index (χ1v) is 32.3. The molecule has 0 aromatic carbocycles. The van der Waals surface area contributed by atoms with Crippen LogP contribution in [0.4, 0.5) is 0 Å². The topological polar surface area (TPSA) is 78.9 Å². The van der Waals surface area contributed by atoms with Gasteiger partial charge in [-0.1, -0.05) is 330 Å². The maximum absolute atomic E-state index is 12.9. The smallest absolute Gasteiger partial charge is 0.306 e. The Morgan fingerprint density at radius 2 is 0.535 bits per heavy atom. The maximum Gasteiger partial charge on any atom is 0.306 e. The third kappa shape index (κ3) is 57.5. The summed E-state index contributed by atoms with van der Waals surface area (Å²) in [6.45, 7) is 11.5. The highest BCUT2D eigenvalue weighted by atomic mass is 16.6. The molecule has 1 unspecified atom stereocenters. The zero-order chi connectivity index (χ0) is 51.8. The van der Waals surface area contributed by atoms with E-state index in [0.717, 1.165) is 69.6 Å². The maximum atomic E-state index is 12.9. The third-order valence-corrected chi connectivity index (χ3v) is 15.3. The first-order valence-electron chi connectivity index (χ1n) is 32.3. The molecule has 0 amide bonds. The molecule has 0 N–H and O–H groups in total. The number of carbonyl (C=O) groups is 3. The predicted molar refractivity (Wildman–Crippen MR) is 307 cm³/mol. The third-order valence-electron chi connectivity index (χ3n) is 15.3. The lowest BCUT2D eigenvalue weighted by Gasteiger charge is -2.18. The van der Waals surface area contributed by atoms with Crippen LogP contribution in [0, 0.1) is 11.8 Å². The lowest BCUT2D eigenvalue weighted by Crippen LogP contribution is -2.30. The van der Waals surface area contributed by atoms with Crippen LogP contribution >= 0.6 is 0 Å². The van der Waals surface area contributed by atoms with Gasteiger partial charge in [0.1, 0.15) is 13.2 Å². The predicted octanol–water partition coefficient (Wildman–Crippen LogP) is 21.6. The lowest BCUT2D eigenvalue weighted by atomic mass is 9.99. The molecule has 0 rings (SSSR count). The summed E-state index contributed by atoms with van der Waals surface area (Å²) in [7, 11) is 0. The number of esters is 3. The summed E-state index contributed by atoms with van der Waals surface area (Å²) in [6, 6.07) is 0. The summed E-state index contributed by atoms with van der Waals surface area (Å²) >= 11 is 0. The normalized spacial score (nSPS) is 12.4. The average Bonchev–Trinajstić information content (AvgIpc) is 3.36. The quantitative estimate of drug-likeness (QED) is 0.0343. The first kappa shape index (κ1) is 69.4. The van der Waals surface area contributed by atoms with E-state index in [-0.39, 0.29) is 31.1 Å². The number of hydrogen-bond acceptors (Lipinski definition) is 6. The van der Waals surface area contributed by atoms with Crippen LogP contribution in [0.25, 0.3) is 0 Å². The Morgan fingerprint density at radius 3 is 0.803 bits per heavy atom. The molecule has 6 heteroatoms. The van der Waals surface area contributed by atoms with Crippen molar-refractivity contribution in [2.45, 2.75) is 375 Å². The fourth-order valence-electron chi connectivity index (χ4n) is 10.1. The van der Waals surface area contributed by atoms with Crippen LogP contribution in [0.1, 0.15) is 369 Å². The van der Waals surface area contributed by atoms with Crippen molar-refractivity contribution in [3.8, 4) is 0 Å². The van der Waals surface area contributed by atoms with Gasteiger partial charge < -0.3 is 14.2 Å².